The van der Waals surface area contributed by atoms with Crippen LogP contribution in [0.5, 0.6) is 0 Å². The van der Waals surface area contributed by atoms with Crippen LogP contribution in [0.3, 0.4) is 0 Å². The normalized spacial score (nSPS) is 14.4. The van der Waals surface area contributed by atoms with Crippen molar-refractivity contribution in [1.82, 2.24) is 0 Å². The molecule has 0 amide bonds. The SMILES string of the molecule is CC(Cl)(Cl)C=C(F)Cl. The number of rotatable bonds is 1. The van der Waals surface area contributed by atoms with Crippen molar-refractivity contribution in [3.8, 4) is 0 Å². The molecule has 0 bridgehead atoms. The molecule has 8 heavy (non-hydrogen) atoms. The third kappa shape index (κ3) is 6.54. The number of alkyl halides is 2. The molecule has 0 aromatic carbocycles. The Kier molecular flexibility index (Phi) is 3.10. The molecule has 0 radical (unpaired) electrons. The zero-order chi connectivity index (χ0) is 6.78. The van der Waals surface area contributed by atoms with E-state index in [1.165, 1.54) is 6.92 Å². The van der Waals surface area contributed by atoms with Gasteiger partial charge < -0.3 is 0 Å². The van der Waals surface area contributed by atoms with Gasteiger partial charge >= 0.3 is 0 Å². The quantitative estimate of drug-likeness (QED) is 0.540. The summed E-state index contributed by atoms with van der Waals surface area (Å²) in [5.41, 5.74) is 0. The highest BCUT2D eigenvalue weighted by Crippen LogP contribution is 2.24. The molecule has 0 aromatic rings. The second-order valence-corrected chi connectivity index (χ2v) is 3.52. The third-order valence-corrected chi connectivity index (χ3v) is 0.690. The van der Waals surface area contributed by atoms with Gasteiger partial charge in [0.25, 0.3) is 0 Å². The molecule has 0 rings (SSSR count). The highest BCUT2D eigenvalue weighted by atomic mass is 35.5. The van der Waals surface area contributed by atoms with Crippen LogP contribution in [0.1, 0.15) is 6.92 Å². The molecule has 0 unspecified atom stereocenters. The van der Waals surface area contributed by atoms with E-state index in [4.69, 9.17) is 34.8 Å². The fourth-order valence-electron chi connectivity index (χ4n) is 0.192. The average Bonchev–Trinajstić information content (AvgIpc) is 1.21. The van der Waals surface area contributed by atoms with E-state index in [1.807, 2.05) is 0 Å². The van der Waals surface area contributed by atoms with Crippen LogP contribution in [-0.4, -0.2) is 4.33 Å². The molecule has 0 nitrogen and oxygen atoms in total. The van der Waals surface area contributed by atoms with E-state index >= 15 is 0 Å². The summed E-state index contributed by atoms with van der Waals surface area (Å²) in [4.78, 5) is 0. The second kappa shape index (κ2) is 2.90. The lowest BCUT2D eigenvalue weighted by Crippen LogP contribution is -1.98. The number of hydrogen-bond donors (Lipinski definition) is 0. The molecular weight excluding hydrogens is 173 g/mol. The van der Waals surface area contributed by atoms with Gasteiger partial charge in [0, 0.05) is 0 Å². The first-order valence-corrected chi connectivity index (χ1v) is 2.97. The third-order valence-electron chi connectivity index (χ3n) is 0.363. The molecule has 0 fully saturated rings. The Labute approximate surface area is 62.2 Å². The first-order valence-electron chi connectivity index (χ1n) is 1.83. The van der Waals surface area contributed by atoms with Crippen LogP contribution in [0.4, 0.5) is 4.39 Å². The molecule has 0 atom stereocenters. The molecule has 0 aromatic heterocycles. The lowest BCUT2D eigenvalue weighted by Gasteiger charge is -2.02. The van der Waals surface area contributed by atoms with Gasteiger partial charge in [-0.2, -0.15) is 4.39 Å². The highest BCUT2D eigenvalue weighted by Gasteiger charge is 2.12. The zero-order valence-corrected chi connectivity index (χ0v) is 6.36. The Morgan fingerprint density at radius 2 is 2.00 bits per heavy atom. The van der Waals surface area contributed by atoms with Gasteiger partial charge in [0.2, 0.25) is 0 Å². The monoisotopic (exact) mass is 176 g/mol. The molecule has 0 N–H and O–H groups in total. The molecule has 48 valence electrons. The molecular formula is C4H4Cl3F. The summed E-state index contributed by atoms with van der Waals surface area (Å²) in [5.74, 6) is 0. The van der Waals surface area contributed by atoms with Crippen molar-refractivity contribution in [2.45, 2.75) is 11.3 Å². The Morgan fingerprint density at radius 1 is 1.62 bits per heavy atom. The molecule has 0 saturated carbocycles. The average molecular weight is 177 g/mol. The van der Waals surface area contributed by atoms with Gasteiger partial charge in [-0.15, -0.1) is 0 Å². The van der Waals surface area contributed by atoms with Crippen LogP contribution in [-0.2, 0) is 0 Å². The minimum atomic E-state index is -1.20. The van der Waals surface area contributed by atoms with Crippen molar-refractivity contribution in [3.63, 3.8) is 0 Å². The van der Waals surface area contributed by atoms with Gasteiger partial charge in [0.05, 0.1) is 0 Å². The zero-order valence-electron chi connectivity index (χ0n) is 4.09. The predicted molar refractivity (Wildman–Crippen MR) is 35.2 cm³/mol. The van der Waals surface area contributed by atoms with Gasteiger partial charge in [-0.25, -0.2) is 0 Å². The number of halogens is 4. The smallest absolute Gasteiger partial charge is 0.188 e. The van der Waals surface area contributed by atoms with Crippen molar-refractivity contribution in [2.75, 3.05) is 0 Å². The van der Waals surface area contributed by atoms with Crippen molar-refractivity contribution in [3.05, 3.63) is 11.4 Å². The lowest BCUT2D eigenvalue weighted by atomic mass is 10.5. The molecule has 0 aliphatic heterocycles. The molecule has 4 heteroatoms. The fraction of sp³-hybridized carbons (Fsp3) is 0.500. The topological polar surface area (TPSA) is 0 Å². The Bertz CT molecular complexity index is 98.3. The van der Waals surface area contributed by atoms with E-state index in [0.717, 1.165) is 6.08 Å². The van der Waals surface area contributed by atoms with E-state index in [9.17, 15) is 4.39 Å². The maximum absolute atomic E-state index is 11.7. The van der Waals surface area contributed by atoms with Gasteiger partial charge in [-0.3, -0.25) is 0 Å². The van der Waals surface area contributed by atoms with Gasteiger partial charge in [0.15, 0.2) is 5.29 Å². The van der Waals surface area contributed by atoms with Crippen molar-refractivity contribution < 1.29 is 4.39 Å². The van der Waals surface area contributed by atoms with E-state index in [0.29, 0.717) is 0 Å². The van der Waals surface area contributed by atoms with Crippen LogP contribution in [0.15, 0.2) is 11.4 Å². The van der Waals surface area contributed by atoms with Gasteiger partial charge in [-0.05, 0) is 13.0 Å². The lowest BCUT2D eigenvalue weighted by molar-refractivity contribution is 0.687. The summed E-state index contributed by atoms with van der Waals surface area (Å²) in [6.45, 7) is 1.41. The Morgan fingerprint density at radius 3 is 2.00 bits per heavy atom. The summed E-state index contributed by atoms with van der Waals surface area (Å²) in [6.07, 6.45) is 0.900. The first-order chi connectivity index (χ1) is 3.42. The second-order valence-electron chi connectivity index (χ2n) is 1.39. The largest absolute Gasteiger partial charge is 0.194 e. The van der Waals surface area contributed by atoms with Crippen molar-refractivity contribution in [2.24, 2.45) is 0 Å². The van der Waals surface area contributed by atoms with Crippen molar-refractivity contribution in [1.29, 1.82) is 0 Å². The molecule has 0 aliphatic rings. The summed E-state index contributed by atoms with van der Waals surface area (Å²) < 4.78 is 10.5. The summed E-state index contributed by atoms with van der Waals surface area (Å²) >= 11 is 15.4. The summed E-state index contributed by atoms with van der Waals surface area (Å²) in [5, 5.41) is -0.891. The molecule has 0 spiro atoms. The molecule has 0 saturated heterocycles. The van der Waals surface area contributed by atoms with E-state index in [-0.39, 0.29) is 0 Å². The van der Waals surface area contributed by atoms with Crippen LogP contribution in [0, 0.1) is 0 Å². The molecule has 0 aliphatic carbocycles. The van der Waals surface area contributed by atoms with E-state index < -0.39 is 9.62 Å². The minimum absolute atomic E-state index is 0.891. The summed E-state index contributed by atoms with van der Waals surface area (Å²) in [6, 6.07) is 0. The Hall–Kier alpha value is 0.540. The standard InChI is InChI=1S/C4H4Cl3F/c1-4(6,7)2-3(5)8/h2H,1H3. The van der Waals surface area contributed by atoms with Crippen LogP contribution < -0.4 is 0 Å². The Balaban J connectivity index is 3.89. The number of hydrogen-bond acceptors (Lipinski definition) is 0. The molecule has 0 heterocycles. The number of allylic oxidation sites excluding steroid dienone is 1. The first kappa shape index (κ1) is 8.54. The predicted octanol–water partition coefficient (Wildman–Crippen LogP) is 3.23. The van der Waals surface area contributed by atoms with E-state index in [2.05, 4.69) is 0 Å². The van der Waals surface area contributed by atoms with Gasteiger partial charge in [0.1, 0.15) is 4.33 Å². The maximum Gasteiger partial charge on any atom is 0.188 e. The van der Waals surface area contributed by atoms with Gasteiger partial charge in [-0.1, -0.05) is 34.8 Å². The fourth-order valence-corrected chi connectivity index (χ4v) is 0.713. The van der Waals surface area contributed by atoms with E-state index in [1.54, 1.807) is 0 Å². The minimum Gasteiger partial charge on any atom is -0.194 e. The van der Waals surface area contributed by atoms with Crippen LogP contribution in [0.25, 0.3) is 0 Å². The van der Waals surface area contributed by atoms with Crippen molar-refractivity contribution >= 4 is 34.8 Å². The maximum atomic E-state index is 11.7. The van der Waals surface area contributed by atoms with Crippen LogP contribution >= 0.6 is 34.8 Å². The highest BCUT2D eigenvalue weighted by molar-refractivity contribution is 6.50. The summed E-state index contributed by atoms with van der Waals surface area (Å²) in [7, 11) is 0. The van der Waals surface area contributed by atoms with Crippen LogP contribution in [0.2, 0.25) is 0 Å².